The van der Waals surface area contributed by atoms with E-state index in [1.807, 2.05) is 31.3 Å². The highest BCUT2D eigenvalue weighted by atomic mass is 16.5. The maximum atomic E-state index is 5.75. The lowest BCUT2D eigenvalue weighted by Crippen LogP contribution is -2.26. The Kier molecular flexibility index (Phi) is 7.79. The van der Waals surface area contributed by atoms with Gasteiger partial charge in [-0.1, -0.05) is 19.9 Å². The molecule has 0 aliphatic heterocycles. The SMILES string of the molecule is CCCN(CCC)c1nc(OCCOC)nc2ccc(N(C)c3ccccn3)cc12. The summed E-state index contributed by atoms with van der Waals surface area (Å²) in [5, 5.41) is 1.01. The first-order valence-corrected chi connectivity index (χ1v) is 10.5. The molecule has 2 aromatic heterocycles. The lowest BCUT2D eigenvalue weighted by molar-refractivity contribution is 0.141. The molecular formula is C23H31N5O2. The summed E-state index contributed by atoms with van der Waals surface area (Å²) in [6.07, 6.45) is 3.88. The van der Waals surface area contributed by atoms with Crippen LogP contribution in [0.5, 0.6) is 6.01 Å². The van der Waals surface area contributed by atoms with Crippen LogP contribution in [0.4, 0.5) is 17.3 Å². The normalized spacial score (nSPS) is 10.9. The maximum absolute atomic E-state index is 5.75. The Labute approximate surface area is 178 Å². The standard InChI is InChI=1S/C23H31N5O2/c1-5-13-28(14-6-2)22-19-17-18(27(3)21-9-7-8-12-24-21)10-11-20(19)25-23(26-22)30-16-15-29-4/h7-12,17H,5-6,13-16H2,1-4H3. The van der Waals surface area contributed by atoms with E-state index in [0.29, 0.717) is 19.2 Å². The summed E-state index contributed by atoms with van der Waals surface area (Å²) in [6.45, 7) is 7.14. The Morgan fingerprint density at radius 3 is 2.43 bits per heavy atom. The molecule has 160 valence electrons. The topological polar surface area (TPSA) is 63.6 Å². The number of hydrogen-bond donors (Lipinski definition) is 0. The number of methoxy groups -OCH3 is 1. The first kappa shape index (κ1) is 21.8. The molecule has 0 radical (unpaired) electrons. The van der Waals surface area contributed by atoms with Crippen LogP contribution < -0.4 is 14.5 Å². The minimum Gasteiger partial charge on any atom is -0.461 e. The van der Waals surface area contributed by atoms with Crippen molar-refractivity contribution in [3.8, 4) is 6.01 Å². The maximum Gasteiger partial charge on any atom is 0.319 e. The van der Waals surface area contributed by atoms with E-state index in [2.05, 4.69) is 45.7 Å². The quantitative estimate of drug-likeness (QED) is 0.434. The van der Waals surface area contributed by atoms with Crippen molar-refractivity contribution in [3.05, 3.63) is 42.6 Å². The highest BCUT2D eigenvalue weighted by Gasteiger charge is 2.16. The summed E-state index contributed by atoms with van der Waals surface area (Å²) in [5.41, 5.74) is 1.90. The van der Waals surface area contributed by atoms with Crippen LogP contribution in [0.15, 0.2) is 42.6 Å². The van der Waals surface area contributed by atoms with Crippen LogP contribution in [-0.2, 0) is 4.74 Å². The van der Waals surface area contributed by atoms with Crippen LogP contribution in [-0.4, -0.2) is 55.4 Å². The third-order valence-corrected chi connectivity index (χ3v) is 4.82. The average molecular weight is 410 g/mol. The van der Waals surface area contributed by atoms with E-state index in [4.69, 9.17) is 14.5 Å². The molecule has 0 bridgehead atoms. The molecule has 1 aromatic carbocycles. The number of anilines is 3. The number of rotatable bonds is 11. The van der Waals surface area contributed by atoms with Crippen LogP contribution in [0.1, 0.15) is 26.7 Å². The van der Waals surface area contributed by atoms with Crippen LogP contribution >= 0.6 is 0 Å². The molecule has 0 N–H and O–H groups in total. The van der Waals surface area contributed by atoms with E-state index in [0.717, 1.165) is 54.2 Å². The fourth-order valence-corrected chi connectivity index (χ4v) is 3.36. The average Bonchev–Trinajstić information content (AvgIpc) is 2.78. The first-order valence-electron chi connectivity index (χ1n) is 10.5. The second-order valence-corrected chi connectivity index (χ2v) is 7.11. The summed E-state index contributed by atoms with van der Waals surface area (Å²) >= 11 is 0. The molecule has 0 aliphatic carbocycles. The lowest BCUT2D eigenvalue weighted by Gasteiger charge is -2.25. The molecule has 0 atom stereocenters. The van der Waals surface area contributed by atoms with Gasteiger partial charge in [0.2, 0.25) is 0 Å². The van der Waals surface area contributed by atoms with Crippen molar-refractivity contribution >= 4 is 28.2 Å². The zero-order chi connectivity index (χ0) is 21.3. The van der Waals surface area contributed by atoms with Gasteiger partial charge in [0.1, 0.15) is 18.2 Å². The summed E-state index contributed by atoms with van der Waals surface area (Å²) in [5.74, 6) is 1.80. The molecule has 0 fully saturated rings. The predicted octanol–water partition coefficient (Wildman–Crippen LogP) is 4.44. The Morgan fingerprint density at radius 2 is 1.77 bits per heavy atom. The monoisotopic (exact) mass is 409 g/mol. The van der Waals surface area contributed by atoms with Gasteiger partial charge in [0.05, 0.1) is 12.1 Å². The van der Waals surface area contributed by atoms with Crippen LogP contribution in [0, 0.1) is 0 Å². The van der Waals surface area contributed by atoms with E-state index in [9.17, 15) is 0 Å². The second kappa shape index (κ2) is 10.7. The number of aromatic nitrogens is 3. The van der Waals surface area contributed by atoms with Gasteiger partial charge in [-0.3, -0.25) is 0 Å². The predicted molar refractivity (Wildman–Crippen MR) is 122 cm³/mol. The van der Waals surface area contributed by atoms with Gasteiger partial charge in [0, 0.05) is 44.5 Å². The number of fused-ring (bicyclic) bond motifs is 1. The van der Waals surface area contributed by atoms with Gasteiger partial charge in [-0.05, 0) is 43.2 Å². The molecular weight excluding hydrogens is 378 g/mol. The summed E-state index contributed by atoms with van der Waals surface area (Å²) in [6, 6.07) is 12.5. The molecule has 0 saturated heterocycles. The molecule has 3 aromatic rings. The Balaban J connectivity index is 2.06. The van der Waals surface area contributed by atoms with Crippen LogP contribution in [0.25, 0.3) is 10.9 Å². The van der Waals surface area contributed by atoms with E-state index < -0.39 is 0 Å². The number of benzene rings is 1. The molecule has 7 nitrogen and oxygen atoms in total. The molecule has 0 saturated carbocycles. The van der Waals surface area contributed by atoms with Crippen molar-refractivity contribution < 1.29 is 9.47 Å². The third-order valence-electron chi connectivity index (χ3n) is 4.82. The lowest BCUT2D eigenvalue weighted by atomic mass is 10.1. The molecule has 0 unspecified atom stereocenters. The molecule has 7 heteroatoms. The molecule has 3 rings (SSSR count). The Bertz CT molecular complexity index is 930. The largest absolute Gasteiger partial charge is 0.461 e. The van der Waals surface area contributed by atoms with Gasteiger partial charge in [0.25, 0.3) is 0 Å². The van der Waals surface area contributed by atoms with Gasteiger partial charge >= 0.3 is 6.01 Å². The number of nitrogens with zero attached hydrogens (tertiary/aromatic N) is 5. The number of ether oxygens (including phenoxy) is 2. The minimum atomic E-state index is 0.387. The summed E-state index contributed by atoms with van der Waals surface area (Å²) in [4.78, 5) is 18.3. The highest BCUT2D eigenvalue weighted by molar-refractivity contribution is 5.93. The van der Waals surface area contributed by atoms with Crippen molar-refractivity contribution in [2.24, 2.45) is 0 Å². The molecule has 0 spiro atoms. The van der Waals surface area contributed by atoms with Gasteiger partial charge in [-0.25, -0.2) is 4.98 Å². The molecule has 30 heavy (non-hydrogen) atoms. The Morgan fingerprint density at radius 1 is 0.967 bits per heavy atom. The van der Waals surface area contributed by atoms with E-state index in [1.54, 1.807) is 13.3 Å². The minimum absolute atomic E-state index is 0.387. The van der Waals surface area contributed by atoms with Crippen molar-refractivity contribution in [1.82, 2.24) is 15.0 Å². The van der Waals surface area contributed by atoms with E-state index >= 15 is 0 Å². The smallest absolute Gasteiger partial charge is 0.319 e. The second-order valence-electron chi connectivity index (χ2n) is 7.11. The van der Waals surface area contributed by atoms with Crippen molar-refractivity contribution in [1.29, 1.82) is 0 Å². The van der Waals surface area contributed by atoms with E-state index in [-0.39, 0.29) is 0 Å². The van der Waals surface area contributed by atoms with Crippen molar-refractivity contribution in [2.45, 2.75) is 26.7 Å². The van der Waals surface area contributed by atoms with Crippen LogP contribution in [0.2, 0.25) is 0 Å². The van der Waals surface area contributed by atoms with Crippen molar-refractivity contribution in [3.63, 3.8) is 0 Å². The fraction of sp³-hybridized carbons (Fsp3) is 0.435. The summed E-state index contributed by atoms with van der Waals surface area (Å²) in [7, 11) is 3.67. The fourth-order valence-electron chi connectivity index (χ4n) is 3.36. The van der Waals surface area contributed by atoms with Crippen molar-refractivity contribution in [2.75, 3.05) is 50.3 Å². The van der Waals surface area contributed by atoms with E-state index in [1.165, 1.54) is 0 Å². The Hall–Kier alpha value is -2.93. The van der Waals surface area contributed by atoms with Gasteiger partial charge in [-0.15, -0.1) is 0 Å². The molecule has 0 amide bonds. The molecule has 2 heterocycles. The number of hydrogen-bond acceptors (Lipinski definition) is 7. The number of pyridine rings is 1. The summed E-state index contributed by atoms with van der Waals surface area (Å²) < 4.78 is 10.8. The van der Waals surface area contributed by atoms with Gasteiger partial charge in [-0.2, -0.15) is 9.97 Å². The van der Waals surface area contributed by atoms with Gasteiger partial charge < -0.3 is 19.3 Å². The zero-order valence-electron chi connectivity index (χ0n) is 18.3. The van der Waals surface area contributed by atoms with Gasteiger partial charge in [0.15, 0.2) is 0 Å². The van der Waals surface area contributed by atoms with Crippen LogP contribution in [0.3, 0.4) is 0 Å². The molecule has 0 aliphatic rings. The third kappa shape index (κ3) is 5.16. The zero-order valence-corrected chi connectivity index (χ0v) is 18.3. The highest BCUT2D eigenvalue weighted by Crippen LogP contribution is 2.32. The first-order chi connectivity index (χ1) is 14.7.